The zero-order valence-corrected chi connectivity index (χ0v) is 13.7. The summed E-state index contributed by atoms with van der Waals surface area (Å²) in [5.74, 6) is -0.0534. The molecular formula is C21H22O3. The van der Waals surface area contributed by atoms with Crippen LogP contribution in [0.3, 0.4) is 0 Å². The lowest BCUT2D eigenvalue weighted by atomic mass is 9.99. The first kappa shape index (κ1) is 16.4. The van der Waals surface area contributed by atoms with Crippen molar-refractivity contribution in [1.82, 2.24) is 0 Å². The van der Waals surface area contributed by atoms with Crippen molar-refractivity contribution in [3.8, 4) is 0 Å². The molecule has 0 spiro atoms. The van der Waals surface area contributed by atoms with Gasteiger partial charge in [-0.05, 0) is 18.8 Å². The molecule has 1 aliphatic rings. The third-order valence-electron chi connectivity index (χ3n) is 4.58. The molecule has 1 unspecified atom stereocenters. The molecule has 0 amide bonds. The minimum absolute atomic E-state index is 0.179. The first-order chi connectivity index (χ1) is 11.7. The van der Waals surface area contributed by atoms with Crippen LogP contribution in [0, 0.1) is 5.92 Å². The van der Waals surface area contributed by atoms with E-state index < -0.39 is 6.10 Å². The number of ether oxygens (including phenoxy) is 1. The van der Waals surface area contributed by atoms with Gasteiger partial charge in [0.05, 0.1) is 0 Å². The minimum atomic E-state index is -0.873. The SMILES string of the molecule is O=C(CC1CCCC1)OC(C(=O)c1ccccc1)c1ccccc1. The molecule has 3 rings (SSSR count). The maximum Gasteiger partial charge on any atom is 0.307 e. The van der Waals surface area contributed by atoms with Crippen LogP contribution in [-0.2, 0) is 9.53 Å². The van der Waals surface area contributed by atoms with Gasteiger partial charge in [-0.3, -0.25) is 9.59 Å². The summed E-state index contributed by atoms with van der Waals surface area (Å²) in [5.41, 5.74) is 1.27. The fourth-order valence-electron chi connectivity index (χ4n) is 3.28. The van der Waals surface area contributed by atoms with Crippen molar-refractivity contribution in [2.45, 2.75) is 38.2 Å². The van der Waals surface area contributed by atoms with Gasteiger partial charge in [-0.25, -0.2) is 0 Å². The highest BCUT2D eigenvalue weighted by atomic mass is 16.5. The van der Waals surface area contributed by atoms with Crippen LogP contribution in [-0.4, -0.2) is 11.8 Å². The number of ketones is 1. The van der Waals surface area contributed by atoms with E-state index in [0.717, 1.165) is 12.8 Å². The van der Waals surface area contributed by atoms with Gasteiger partial charge < -0.3 is 4.74 Å². The largest absolute Gasteiger partial charge is 0.449 e. The van der Waals surface area contributed by atoms with E-state index in [4.69, 9.17) is 4.74 Å². The summed E-state index contributed by atoms with van der Waals surface area (Å²) < 4.78 is 5.63. The molecule has 0 N–H and O–H groups in total. The summed E-state index contributed by atoms with van der Waals surface area (Å²) in [6, 6.07) is 18.2. The highest BCUT2D eigenvalue weighted by Gasteiger charge is 2.27. The third-order valence-corrected chi connectivity index (χ3v) is 4.58. The second-order valence-corrected chi connectivity index (χ2v) is 6.37. The highest BCUT2D eigenvalue weighted by Crippen LogP contribution is 2.29. The maximum absolute atomic E-state index is 12.8. The molecule has 0 aliphatic heterocycles. The Morgan fingerprint density at radius 1 is 0.917 bits per heavy atom. The topological polar surface area (TPSA) is 43.4 Å². The molecule has 124 valence electrons. The van der Waals surface area contributed by atoms with E-state index in [-0.39, 0.29) is 11.8 Å². The summed E-state index contributed by atoms with van der Waals surface area (Å²) in [6.07, 6.45) is 4.06. The van der Waals surface area contributed by atoms with E-state index in [1.807, 2.05) is 48.5 Å². The van der Waals surface area contributed by atoms with Gasteiger partial charge in [0.25, 0.3) is 0 Å². The van der Waals surface area contributed by atoms with Gasteiger partial charge in [-0.2, -0.15) is 0 Å². The molecule has 0 radical (unpaired) electrons. The Balaban J connectivity index is 1.77. The van der Waals surface area contributed by atoms with Crippen molar-refractivity contribution in [3.05, 3.63) is 71.8 Å². The summed E-state index contributed by atoms with van der Waals surface area (Å²) >= 11 is 0. The van der Waals surface area contributed by atoms with Crippen LogP contribution >= 0.6 is 0 Å². The molecule has 3 nitrogen and oxygen atoms in total. The molecule has 1 fully saturated rings. The number of esters is 1. The van der Waals surface area contributed by atoms with Gasteiger partial charge in [0.15, 0.2) is 6.10 Å². The fraction of sp³-hybridized carbons (Fsp3) is 0.333. The van der Waals surface area contributed by atoms with Gasteiger partial charge >= 0.3 is 5.97 Å². The third kappa shape index (κ3) is 4.10. The van der Waals surface area contributed by atoms with Gasteiger partial charge in [0.1, 0.15) is 0 Å². The van der Waals surface area contributed by atoms with Crippen LogP contribution in [0.2, 0.25) is 0 Å². The van der Waals surface area contributed by atoms with Gasteiger partial charge in [-0.15, -0.1) is 0 Å². The van der Waals surface area contributed by atoms with Gasteiger partial charge in [-0.1, -0.05) is 73.5 Å². The minimum Gasteiger partial charge on any atom is -0.449 e. The number of rotatable bonds is 6. The molecule has 2 aromatic carbocycles. The van der Waals surface area contributed by atoms with Crippen molar-refractivity contribution in [3.63, 3.8) is 0 Å². The molecule has 0 saturated heterocycles. The smallest absolute Gasteiger partial charge is 0.307 e. The normalized spacial score (nSPS) is 15.8. The first-order valence-corrected chi connectivity index (χ1v) is 8.58. The second kappa shape index (κ2) is 7.91. The lowest BCUT2D eigenvalue weighted by molar-refractivity contribution is -0.148. The van der Waals surface area contributed by atoms with Crippen molar-refractivity contribution < 1.29 is 14.3 Å². The summed E-state index contributed by atoms with van der Waals surface area (Å²) in [7, 11) is 0. The maximum atomic E-state index is 12.8. The average Bonchev–Trinajstić information content (AvgIpc) is 3.13. The van der Waals surface area contributed by atoms with E-state index in [1.54, 1.807) is 12.1 Å². The van der Waals surface area contributed by atoms with E-state index in [2.05, 4.69) is 0 Å². The van der Waals surface area contributed by atoms with Crippen molar-refractivity contribution >= 4 is 11.8 Å². The van der Waals surface area contributed by atoms with E-state index >= 15 is 0 Å². The van der Waals surface area contributed by atoms with Crippen molar-refractivity contribution in [2.75, 3.05) is 0 Å². The summed E-state index contributed by atoms with van der Waals surface area (Å²) in [4.78, 5) is 25.2. The standard InChI is InChI=1S/C21H22O3/c22-19(15-16-9-7-8-10-16)24-21(18-13-5-2-6-14-18)20(23)17-11-3-1-4-12-17/h1-6,11-14,16,21H,7-10,15H2. The molecule has 0 heterocycles. The van der Waals surface area contributed by atoms with Crippen molar-refractivity contribution in [1.29, 1.82) is 0 Å². The molecular weight excluding hydrogens is 300 g/mol. The summed E-state index contributed by atoms with van der Waals surface area (Å²) in [5, 5.41) is 0. The predicted molar refractivity (Wildman–Crippen MR) is 92.6 cm³/mol. The number of carbonyl (C=O) groups excluding carboxylic acids is 2. The van der Waals surface area contributed by atoms with Gasteiger partial charge in [0, 0.05) is 17.5 Å². The second-order valence-electron chi connectivity index (χ2n) is 6.37. The zero-order valence-electron chi connectivity index (χ0n) is 13.7. The molecule has 2 aromatic rings. The highest BCUT2D eigenvalue weighted by molar-refractivity contribution is 6.00. The monoisotopic (exact) mass is 322 g/mol. The number of Topliss-reactive ketones (excluding diaryl/α,β-unsaturated/α-hetero) is 1. The van der Waals surface area contributed by atoms with Gasteiger partial charge in [0.2, 0.25) is 5.78 Å². The molecule has 1 saturated carbocycles. The zero-order chi connectivity index (χ0) is 16.8. The number of hydrogen-bond acceptors (Lipinski definition) is 3. The van der Waals surface area contributed by atoms with Crippen LogP contribution in [0.5, 0.6) is 0 Å². The molecule has 0 aromatic heterocycles. The fourth-order valence-corrected chi connectivity index (χ4v) is 3.28. The quantitative estimate of drug-likeness (QED) is 0.570. The van der Waals surface area contributed by atoms with E-state index in [0.29, 0.717) is 23.5 Å². The predicted octanol–water partition coefficient (Wildman–Crippen LogP) is 4.73. The van der Waals surface area contributed by atoms with Crippen LogP contribution in [0.4, 0.5) is 0 Å². The Morgan fingerprint density at radius 3 is 2.12 bits per heavy atom. The average molecular weight is 322 g/mol. The number of hydrogen-bond donors (Lipinski definition) is 0. The lowest BCUT2D eigenvalue weighted by Gasteiger charge is -2.18. The Labute approximate surface area is 142 Å². The molecule has 24 heavy (non-hydrogen) atoms. The number of benzene rings is 2. The van der Waals surface area contributed by atoms with E-state index in [1.165, 1.54) is 12.8 Å². The molecule has 3 heteroatoms. The Hall–Kier alpha value is -2.42. The van der Waals surface area contributed by atoms with Crippen LogP contribution in [0.25, 0.3) is 0 Å². The Bertz CT molecular complexity index is 673. The molecule has 0 bridgehead atoms. The number of carbonyl (C=O) groups is 2. The van der Waals surface area contributed by atoms with Crippen molar-refractivity contribution in [2.24, 2.45) is 5.92 Å². The van der Waals surface area contributed by atoms with Crippen LogP contribution in [0.15, 0.2) is 60.7 Å². The Kier molecular flexibility index (Phi) is 5.42. The molecule has 1 atom stereocenters. The van der Waals surface area contributed by atoms with Crippen LogP contribution in [0.1, 0.15) is 54.1 Å². The van der Waals surface area contributed by atoms with E-state index in [9.17, 15) is 9.59 Å². The van der Waals surface area contributed by atoms with Crippen LogP contribution < -0.4 is 0 Å². The first-order valence-electron chi connectivity index (χ1n) is 8.58. The Morgan fingerprint density at radius 2 is 1.50 bits per heavy atom. The lowest BCUT2D eigenvalue weighted by Crippen LogP contribution is -2.21. The molecule has 1 aliphatic carbocycles. The summed E-state index contributed by atoms with van der Waals surface area (Å²) in [6.45, 7) is 0.